The van der Waals surface area contributed by atoms with Crippen LogP contribution in [0.3, 0.4) is 0 Å². The fraction of sp³-hybridized carbons (Fsp3) is 0.125. The molecule has 64 valence electrons. The number of hydrogen-bond donors (Lipinski definition) is 0. The normalized spacial score (nSPS) is 10.0. The molecular weight excluding hydrogens is 354 g/mol. The molecule has 0 spiro atoms. The summed E-state index contributed by atoms with van der Waals surface area (Å²) in [6, 6.07) is 3.66. The van der Waals surface area contributed by atoms with Gasteiger partial charge in [-0.2, -0.15) is 0 Å². The molecule has 0 bridgehead atoms. The lowest BCUT2D eigenvalue weighted by Gasteiger charge is -2.02. The standard InChI is InChI=1S/C8H5BrClIO/c1-4-2-7(11)5(8(10)12)3-6(4)9/h2-3H,1H3. The first-order chi connectivity index (χ1) is 5.52. The summed E-state index contributed by atoms with van der Waals surface area (Å²) in [5.41, 5.74) is 1.65. The number of hydrogen-bond acceptors (Lipinski definition) is 1. The highest BCUT2D eigenvalue weighted by Crippen LogP contribution is 2.23. The van der Waals surface area contributed by atoms with Gasteiger partial charge in [-0.05, 0) is 58.8 Å². The number of rotatable bonds is 1. The van der Waals surface area contributed by atoms with Gasteiger partial charge >= 0.3 is 0 Å². The molecule has 1 rings (SSSR count). The Hall–Kier alpha value is 0.390. The van der Waals surface area contributed by atoms with Crippen molar-refractivity contribution in [2.45, 2.75) is 6.92 Å². The molecular formula is C8H5BrClIO. The maximum atomic E-state index is 10.9. The van der Waals surface area contributed by atoms with Gasteiger partial charge in [0.1, 0.15) is 0 Å². The van der Waals surface area contributed by atoms with Crippen molar-refractivity contribution < 1.29 is 4.79 Å². The lowest BCUT2D eigenvalue weighted by Crippen LogP contribution is -1.94. The Kier molecular flexibility index (Phi) is 3.55. The summed E-state index contributed by atoms with van der Waals surface area (Å²) < 4.78 is 1.79. The van der Waals surface area contributed by atoms with E-state index in [4.69, 9.17) is 11.6 Å². The molecule has 0 aliphatic heterocycles. The lowest BCUT2D eigenvalue weighted by atomic mass is 10.2. The summed E-state index contributed by atoms with van der Waals surface area (Å²) in [5.74, 6) is 0. The summed E-state index contributed by atoms with van der Waals surface area (Å²) in [7, 11) is 0. The van der Waals surface area contributed by atoms with E-state index in [1.807, 2.05) is 13.0 Å². The fourth-order valence-electron chi connectivity index (χ4n) is 0.797. The van der Waals surface area contributed by atoms with E-state index < -0.39 is 5.24 Å². The highest BCUT2D eigenvalue weighted by Gasteiger charge is 2.08. The van der Waals surface area contributed by atoms with Gasteiger partial charge < -0.3 is 0 Å². The van der Waals surface area contributed by atoms with E-state index in [0.717, 1.165) is 13.6 Å². The molecule has 0 atom stereocenters. The average Bonchev–Trinajstić information content (AvgIpc) is 1.96. The third-order valence-corrected chi connectivity index (χ3v) is 3.41. The first kappa shape index (κ1) is 10.5. The largest absolute Gasteiger partial charge is 0.276 e. The Labute approximate surface area is 97.8 Å². The van der Waals surface area contributed by atoms with Crippen LogP contribution >= 0.6 is 50.1 Å². The summed E-state index contributed by atoms with van der Waals surface area (Å²) in [5, 5.41) is -0.417. The summed E-state index contributed by atoms with van der Waals surface area (Å²) in [6.07, 6.45) is 0. The molecule has 0 fully saturated rings. The Bertz CT molecular complexity index is 338. The molecule has 0 aliphatic rings. The monoisotopic (exact) mass is 358 g/mol. The smallest absolute Gasteiger partial charge is 0.253 e. The van der Waals surface area contributed by atoms with Gasteiger partial charge in [0.2, 0.25) is 0 Å². The Morgan fingerprint density at radius 2 is 2.17 bits per heavy atom. The van der Waals surface area contributed by atoms with Crippen molar-refractivity contribution in [2.75, 3.05) is 0 Å². The zero-order valence-electron chi connectivity index (χ0n) is 6.20. The van der Waals surface area contributed by atoms with Crippen molar-refractivity contribution in [3.05, 3.63) is 31.3 Å². The van der Waals surface area contributed by atoms with Gasteiger partial charge in [0.25, 0.3) is 5.24 Å². The summed E-state index contributed by atoms with van der Waals surface area (Å²) >= 11 is 10.8. The van der Waals surface area contributed by atoms with Crippen LogP contribution in [-0.2, 0) is 0 Å². The minimum Gasteiger partial charge on any atom is -0.276 e. The van der Waals surface area contributed by atoms with Crippen molar-refractivity contribution in [1.82, 2.24) is 0 Å². The third kappa shape index (κ3) is 2.20. The second kappa shape index (κ2) is 4.07. The molecule has 4 heteroatoms. The Morgan fingerprint density at radius 3 is 2.67 bits per heavy atom. The van der Waals surface area contributed by atoms with Crippen LogP contribution in [0.1, 0.15) is 15.9 Å². The van der Waals surface area contributed by atoms with E-state index in [9.17, 15) is 4.79 Å². The molecule has 1 aromatic carbocycles. The van der Waals surface area contributed by atoms with Gasteiger partial charge in [-0.15, -0.1) is 0 Å². The molecule has 0 aliphatic carbocycles. The fourth-order valence-corrected chi connectivity index (χ4v) is 2.32. The number of benzene rings is 1. The van der Waals surface area contributed by atoms with Crippen LogP contribution in [0.15, 0.2) is 16.6 Å². The molecule has 1 aromatic rings. The van der Waals surface area contributed by atoms with Gasteiger partial charge in [-0.25, -0.2) is 0 Å². The van der Waals surface area contributed by atoms with E-state index in [2.05, 4.69) is 38.5 Å². The second-order valence-corrected chi connectivity index (χ2v) is 4.71. The molecule has 12 heavy (non-hydrogen) atoms. The molecule has 0 N–H and O–H groups in total. The van der Waals surface area contributed by atoms with Crippen molar-refractivity contribution in [3.8, 4) is 0 Å². The summed E-state index contributed by atoms with van der Waals surface area (Å²) in [6.45, 7) is 1.97. The minimum atomic E-state index is -0.417. The molecule has 0 unspecified atom stereocenters. The molecule has 0 heterocycles. The zero-order valence-corrected chi connectivity index (χ0v) is 10.7. The highest BCUT2D eigenvalue weighted by atomic mass is 127. The van der Waals surface area contributed by atoms with Crippen LogP contribution in [0.4, 0.5) is 0 Å². The minimum absolute atomic E-state index is 0.417. The van der Waals surface area contributed by atoms with Gasteiger partial charge in [0, 0.05) is 13.6 Å². The molecule has 0 saturated heterocycles. The van der Waals surface area contributed by atoms with Gasteiger partial charge in [-0.1, -0.05) is 15.9 Å². The van der Waals surface area contributed by atoms with E-state index in [1.54, 1.807) is 6.07 Å². The van der Waals surface area contributed by atoms with Crippen LogP contribution < -0.4 is 0 Å². The number of carbonyl (C=O) groups excluding carboxylic acids is 1. The van der Waals surface area contributed by atoms with Gasteiger partial charge in [0.05, 0.1) is 0 Å². The van der Waals surface area contributed by atoms with Crippen LogP contribution in [0.2, 0.25) is 0 Å². The predicted octanol–water partition coefficient (Wildman–Crippen LogP) is 3.74. The highest BCUT2D eigenvalue weighted by molar-refractivity contribution is 14.1. The third-order valence-electron chi connectivity index (χ3n) is 1.46. The van der Waals surface area contributed by atoms with Crippen LogP contribution in [0, 0.1) is 10.5 Å². The number of carbonyl (C=O) groups is 1. The van der Waals surface area contributed by atoms with Crippen LogP contribution in [0.5, 0.6) is 0 Å². The number of halogens is 3. The van der Waals surface area contributed by atoms with Crippen molar-refractivity contribution >= 4 is 55.4 Å². The lowest BCUT2D eigenvalue weighted by molar-refractivity contribution is 0.108. The topological polar surface area (TPSA) is 17.1 Å². The van der Waals surface area contributed by atoms with Crippen LogP contribution in [-0.4, -0.2) is 5.24 Å². The maximum absolute atomic E-state index is 10.9. The number of aryl methyl sites for hydroxylation is 1. The van der Waals surface area contributed by atoms with Gasteiger partial charge in [-0.3, -0.25) is 4.79 Å². The van der Waals surface area contributed by atoms with Gasteiger partial charge in [0.15, 0.2) is 0 Å². The SMILES string of the molecule is Cc1cc(I)c(C(=O)Cl)cc1Br. The Balaban J connectivity index is 3.33. The van der Waals surface area contributed by atoms with Crippen molar-refractivity contribution in [2.24, 2.45) is 0 Å². The Morgan fingerprint density at radius 1 is 1.58 bits per heavy atom. The van der Waals surface area contributed by atoms with E-state index in [-0.39, 0.29) is 0 Å². The predicted molar refractivity (Wildman–Crippen MR) is 61.8 cm³/mol. The maximum Gasteiger partial charge on any atom is 0.253 e. The molecule has 0 amide bonds. The van der Waals surface area contributed by atoms with Crippen molar-refractivity contribution in [1.29, 1.82) is 0 Å². The second-order valence-electron chi connectivity index (χ2n) is 2.35. The summed E-state index contributed by atoms with van der Waals surface area (Å²) in [4.78, 5) is 10.9. The first-order valence-electron chi connectivity index (χ1n) is 3.18. The zero-order chi connectivity index (χ0) is 9.30. The molecule has 0 aromatic heterocycles. The van der Waals surface area contributed by atoms with E-state index >= 15 is 0 Å². The van der Waals surface area contributed by atoms with Crippen LogP contribution in [0.25, 0.3) is 0 Å². The van der Waals surface area contributed by atoms with Crippen molar-refractivity contribution in [3.63, 3.8) is 0 Å². The quantitative estimate of drug-likeness (QED) is 0.551. The van der Waals surface area contributed by atoms with E-state index in [1.165, 1.54) is 0 Å². The molecule has 0 radical (unpaired) electrons. The molecule has 0 saturated carbocycles. The van der Waals surface area contributed by atoms with E-state index in [0.29, 0.717) is 5.56 Å². The average molecular weight is 359 g/mol. The first-order valence-corrected chi connectivity index (χ1v) is 5.43. The molecule has 1 nitrogen and oxygen atoms in total.